The van der Waals surface area contributed by atoms with Crippen molar-refractivity contribution in [2.75, 3.05) is 0 Å². The summed E-state index contributed by atoms with van der Waals surface area (Å²) in [7, 11) is 0. The molecular weight excluding hydrogens is 360 g/mol. The predicted molar refractivity (Wildman–Crippen MR) is 110 cm³/mol. The molecule has 0 atom stereocenters. The Balaban J connectivity index is 1.44. The average molecular weight is 372 g/mol. The van der Waals surface area contributed by atoms with Gasteiger partial charge in [0.15, 0.2) is 11.2 Å². The molecule has 0 aliphatic heterocycles. The standard InChI is InChI=1S/C22H12O2S2/c1-3-7-19-13(5-1)9-21(25-19)17-11-15-16(23-17)12-18(24-15)22-10-14-6-2-4-8-20(14)26-22/h1-12H. The summed E-state index contributed by atoms with van der Waals surface area (Å²) in [6.07, 6.45) is 0. The Labute approximate surface area is 156 Å². The Kier molecular flexibility index (Phi) is 2.95. The lowest BCUT2D eigenvalue weighted by Gasteiger charge is -1.89. The highest BCUT2D eigenvalue weighted by Crippen LogP contribution is 2.40. The molecule has 4 aromatic heterocycles. The topological polar surface area (TPSA) is 26.3 Å². The minimum Gasteiger partial charge on any atom is -0.452 e. The van der Waals surface area contributed by atoms with Crippen molar-refractivity contribution in [2.45, 2.75) is 0 Å². The number of benzene rings is 2. The summed E-state index contributed by atoms with van der Waals surface area (Å²) < 4.78 is 14.7. The van der Waals surface area contributed by atoms with Crippen LogP contribution < -0.4 is 0 Å². The minimum absolute atomic E-state index is 0.796. The quantitative estimate of drug-likeness (QED) is 0.310. The molecule has 4 heterocycles. The zero-order valence-corrected chi connectivity index (χ0v) is 15.2. The lowest BCUT2D eigenvalue weighted by atomic mass is 10.2. The number of furan rings is 2. The van der Waals surface area contributed by atoms with Crippen LogP contribution in [0, 0.1) is 0 Å². The van der Waals surface area contributed by atoms with E-state index in [0.29, 0.717) is 0 Å². The normalized spacial score (nSPS) is 11.8. The van der Waals surface area contributed by atoms with E-state index in [9.17, 15) is 0 Å². The summed E-state index contributed by atoms with van der Waals surface area (Å²) in [5.41, 5.74) is 1.59. The highest BCUT2D eigenvalue weighted by molar-refractivity contribution is 7.22. The van der Waals surface area contributed by atoms with Gasteiger partial charge in [0.2, 0.25) is 0 Å². The third-order valence-electron chi connectivity index (χ3n) is 4.54. The molecule has 2 nitrogen and oxygen atoms in total. The molecule has 0 saturated carbocycles. The average Bonchev–Trinajstić information content (AvgIpc) is 3.40. The summed E-state index contributed by atoms with van der Waals surface area (Å²) in [6, 6.07) is 25.1. The van der Waals surface area contributed by atoms with E-state index in [1.807, 2.05) is 12.1 Å². The molecule has 2 aromatic carbocycles. The largest absolute Gasteiger partial charge is 0.452 e. The van der Waals surface area contributed by atoms with Crippen molar-refractivity contribution in [3.05, 3.63) is 72.8 Å². The molecule has 124 valence electrons. The molecule has 0 radical (unpaired) electrons. The molecule has 26 heavy (non-hydrogen) atoms. The maximum Gasteiger partial charge on any atom is 0.173 e. The molecule has 6 rings (SSSR count). The molecule has 0 spiro atoms. The Morgan fingerprint density at radius 1 is 0.538 bits per heavy atom. The summed E-state index contributed by atoms with van der Waals surface area (Å²) in [5.74, 6) is 1.73. The molecule has 6 aromatic rings. The van der Waals surface area contributed by atoms with Gasteiger partial charge in [0.1, 0.15) is 11.5 Å². The van der Waals surface area contributed by atoms with Gasteiger partial charge in [-0.2, -0.15) is 0 Å². The highest BCUT2D eigenvalue weighted by Gasteiger charge is 2.16. The molecule has 0 aliphatic rings. The minimum atomic E-state index is 0.796. The second-order valence-corrected chi connectivity index (χ2v) is 8.41. The van der Waals surface area contributed by atoms with Crippen molar-refractivity contribution in [3.8, 4) is 21.3 Å². The Morgan fingerprint density at radius 3 is 1.46 bits per heavy atom. The summed E-state index contributed by atoms with van der Waals surface area (Å²) in [5, 5.41) is 2.48. The monoisotopic (exact) mass is 372 g/mol. The first-order chi connectivity index (χ1) is 12.8. The van der Waals surface area contributed by atoms with Gasteiger partial charge in [-0.3, -0.25) is 0 Å². The Bertz CT molecular complexity index is 1190. The predicted octanol–water partition coefficient (Wildman–Crippen LogP) is 7.79. The molecule has 0 N–H and O–H groups in total. The van der Waals surface area contributed by atoms with Crippen LogP contribution in [-0.4, -0.2) is 0 Å². The van der Waals surface area contributed by atoms with Gasteiger partial charge in [-0.05, 0) is 35.0 Å². The number of rotatable bonds is 2. The van der Waals surface area contributed by atoms with E-state index < -0.39 is 0 Å². The molecule has 0 fully saturated rings. The zero-order chi connectivity index (χ0) is 17.1. The van der Waals surface area contributed by atoms with Crippen LogP contribution in [0.15, 0.2) is 81.6 Å². The van der Waals surface area contributed by atoms with Gasteiger partial charge in [0, 0.05) is 21.5 Å². The van der Waals surface area contributed by atoms with Crippen LogP contribution in [0.4, 0.5) is 0 Å². The maximum absolute atomic E-state index is 6.08. The lowest BCUT2D eigenvalue weighted by Crippen LogP contribution is -1.64. The van der Waals surface area contributed by atoms with E-state index in [-0.39, 0.29) is 0 Å². The van der Waals surface area contributed by atoms with Crippen molar-refractivity contribution in [1.29, 1.82) is 0 Å². The van der Waals surface area contributed by atoms with Crippen molar-refractivity contribution >= 4 is 54.0 Å². The van der Waals surface area contributed by atoms with E-state index in [1.54, 1.807) is 22.7 Å². The van der Waals surface area contributed by atoms with E-state index in [1.165, 1.54) is 20.2 Å². The second kappa shape index (κ2) is 5.34. The van der Waals surface area contributed by atoms with Gasteiger partial charge < -0.3 is 8.83 Å². The molecule has 0 saturated heterocycles. The zero-order valence-electron chi connectivity index (χ0n) is 13.6. The molecule has 0 amide bonds. The fourth-order valence-electron chi connectivity index (χ4n) is 3.29. The van der Waals surface area contributed by atoms with Crippen LogP contribution in [-0.2, 0) is 0 Å². The van der Waals surface area contributed by atoms with E-state index >= 15 is 0 Å². The first-order valence-electron chi connectivity index (χ1n) is 8.35. The first-order valence-corrected chi connectivity index (χ1v) is 9.98. The van der Waals surface area contributed by atoms with Crippen LogP contribution in [0.2, 0.25) is 0 Å². The Morgan fingerprint density at radius 2 is 1.00 bits per heavy atom. The van der Waals surface area contributed by atoms with Gasteiger partial charge in [-0.1, -0.05) is 36.4 Å². The number of hydrogen-bond acceptors (Lipinski definition) is 4. The van der Waals surface area contributed by atoms with Crippen molar-refractivity contribution in [1.82, 2.24) is 0 Å². The lowest BCUT2D eigenvalue weighted by molar-refractivity contribution is 0.624. The van der Waals surface area contributed by atoms with E-state index in [4.69, 9.17) is 8.83 Å². The molecule has 0 aliphatic carbocycles. The maximum atomic E-state index is 6.08. The van der Waals surface area contributed by atoms with Crippen molar-refractivity contribution < 1.29 is 8.83 Å². The summed E-state index contributed by atoms with van der Waals surface area (Å²) in [6.45, 7) is 0. The van der Waals surface area contributed by atoms with Crippen LogP contribution in [0.25, 0.3) is 52.6 Å². The fraction of sp³-hybridized carbons (Fsp3) is 0. The van der Waals surface area contributed by atoms with Crippen LogP contribution in [0.3, 0.4) is 0 Å². The first kappa shape index (κ1) is 14.4. The SMILES string of the molecule is c1ccc2sc(-c3cc4oc(-c5cc6ccccc6s5)cc4o3)cc2c1. The van der Waals surface area contributed by atoms with Gasteiger partial charge in [-0.15, -0.1) is 22.7 Å². The fourth-order valence-corrected chi connectivity index (χ4v) is 5.32. The van der Waals surface area contributed by atoms with Crippen LogP contribution in [0.5, 0.6) is 0 Å². The number of hydrogen-bond donors (Lipinski definition) is 0. The molecule has 0 unspecified atom stereocenters. The van der Waals surface area contributed by atoms with E-state index in [0.717, 1.165) is 32.4 Å². The molecule has 4 heteroatoms. The van der Waals surface area contributed by atoms with Crippen LogP contribution >= 0.6 is 22.7 Å². The second-order valence-electron chi connectivity index (χ2n) is 6.25. The van der Waals surface area contributed by atoms with Crippen molar-refractivity contribution in [3.63, 3.8) is 0 Å². The smallest absolute Gasteiger partial charge is 0.173 e. The van der Waals surface area contributed by atoms with Gasteiger partial charge >= 0.3 is 0 Å². The number of fused-ring (bicyclic) bond motifs is 3. The Hall–Kier alpha value is -2.82. The molecular formula is C22H12O2S2. The highest BCUT2D eigenvalue weighted by atomic mass is 32.1. The van der Waals surface area contributed by atoms with Crippen molar-refractivity contribution in [2.24, 2.45) is 0 Å². The van der Waals surface area contributed by atoms with Gasteiger partial charge in [0.25, 0.3) is 0 Å². The summed E-state index contributed by atoms with van der Waals surface area (Å²) in [4.78, 5) is 2.25. The third-order valence-corrected chi connectivity index (χ3v) is 6.81. The van der Waals surface area contributed by atoms with E-state index in [2.05, 4.69) is 60.7 Å². The number of thiophene rings is 2. The van der Waals surface area contributed by atoms with Crippen LogP contribution in [0.1, 0.15) is 0 Å². The summed E-state index contributed by atoms with van der Waals surface area (Å²) >= 11 is 3.48. The van der Waals surface area contributed by atoms with Gasteiger partial charge in [0.05, 0.1) is 9.75 Å². The third kappa shape index (κ3) is 2.16. The molecule has 0 bridgehead atoms. The van der Waals surface area contributed by atoms with Gasteiger partial charge in [-0.25, -0.2) is 0 Å².